The van der Waals surface area contributed by atoms with Crippen LogP contribution in [0, 0.1) is 6.92 Å². The van der Waals surface area contributed by atoms with E-state index in [9.17, 15) is 8.42 Å². The second kappa shape index (κ2) is 7.28. The van der Waals surface area contributed by atoms with Crippen molar-refractivity contribution in [3.8, 4) is 0 Å². The normalized spacial score (nSPS) is 22.6. The van der Waals surface area contributed by atoms with Crippen LogP contribution in [0.1, 0.15) is 35.7 Å². The number of ether oxygens (including phenoxy) is 2. The van der Waals surface area contributed by atoms with Crippen molar-refractivity contribution in [1.82, 2.24) is 24.6 Å². The Bertz CT molecular complexity index is 1070. The molecular formula is C17H18ClN5O4S. The van der Waals surface area contributed by atoms with Crippen molar-refractivity contribution in [3.63, 3.8) is 0 Å². The number of methoxy groups -OCH3 is 1. The Labute approximate surface area is 166 Å². The number of nitrogens with one attached hydrogen (secondary N) is 1. The summed E-state index contributed by atoms with van der Waals surface area (Å²) in [5.74, 6) is 0.407. The van der Waals surface area contributed by atoms with E-state index in [0.717, 1.165) is 5.56 Å². The van der Waals surface area contributed by atoms with Gasteiger partial charge in [0.25, 0.3) is 10.0 Å². The van der Waals surface area contributed by atoms with E-state index in [-0.39, 0.29) is 11.0 Å². The number of nitrogens with zero attached hydrogens (tertiary/aromatic N) is 4. The van der Waals surface area contributed by atoms with Crippen molar-refractivity contribution in [2.24, 2.45) is 0 Å². The summed E-state index contributed by atoms with van der Waals surface area (Å²) >= 11 is 6.35. The van der Waals surface area contributed by atoms with E-state index in [2.05, 4.69) is 20.6 Å². The highest BCUT2D eigenvalue weighted by molar-refractivity contribution is 7.90. The summed E-state index contributed by atoms with van der Waals surface area (Å²) in [7, 11) is -2.28. The SMILES string of the molecule is COC1CC(c2c(Cl)ccn2S(=O)(=O)c2ccc(C)cc2)OC1c1nnn[nH]1. The number of aromatic nitrogens is 5. The van der Waals surface area contributed by atoms with Crippen molar-refractivity contribution in [2.75, 3.05) is 7.11 Å². The predicted octanol–water partition coefficient (Wildman–Crippen LogP) is 2.42. The van der Waals surface area contributed by atoms with Crippen LogP contribution in [0.3, 0.4) is 0 Å². The van der Waals surface area contributed by atoms with Gasteiger partial charge in [0.05, 0.1) is 21.7 Å². The van der Waals surface area contributed by atoms with Gasteiger partial charge in [0.15, 0.2) is 5.82 Å². The van der Waals surface area contributed by atoms with Gasteiger partial charge in [0, 0.05) is 19.7 Å². The van der Waals surface area contributed by atoms with Gasteiger partial charge in [-0.2, -0.15) is 0 Å². The maximum absolute atomic E-state index is 13.2. The van der Waals surface area contributed by atoms with Gasteiger partial charge in [0.1, 0.15) is 12.2 Å². The fourth-order valence-corrected chi connectivity index (χ4v) is 5.03. The highest BCUT2D eigenvalue weighted by atomic mass is 35.5. The minimum Gasteiger partial charge on any atom is -0.378 e. The Morgan fingerprint density at radius 1 is 1.29 bits per heavy atom. The molecule has 1 aliphatic heterocycles. The molecule has 0 radical (unpaired) electrons. The lowest BCUT2D eigenvalue weighted by Crippen LogP contribution is -2.17. The van der Waals surface area contributed by atoms with Gasteiger partial charge in [-0.25, -0.2) is 17.5 Å². The van der Waals surface area contributed by atoms with Crippen molar-refractivity contribution in [2.45, 2.75) is 36.6 Å². The van der Waals surface area contributed by atoms with Gasteiger partial charge >= 0.3 is 0 Å². The third kappa shape index (κ3) is 3.22. The molecule has 1 saturated heterocycles. The number of hydrogen-bond acceptors (Lipinski definition) is 7. The highest BCUT2D eigenvalue weighted by Crippen LogP contribution is 2.44. The van der Waals surface area contributed by atoms with E-state index < -0.39 is 22.2 Å². The smallest absolute Gasteiger partial charge is 0.267 e. The number of rotatable bonds is 5. The van der Waals surface area contributed by atoms with Gasteiger partial charge in [-0.05, 0) is 35.5 Å². The Morgan fingerprint density at radius 2 is 2.04 bits per heavy atom. The molecule has 4 rings (SSSR count). The molecule has 9 nitrogen and oxygen atoms in total. The Morgan fingerprint density at radius 3 is 2.68 bits per heavy atom. The third-order valence-corrected chi connectivity index (χ3v) is 6.77. The van der Waals surface area contributed by atoms with Crippen LogP contribution in [0.2, 0.25) is 5.02 Å². The molecule has 0 spiro atoms. The van der Waals surface area contributed by atoms with Crippen molar-refractivity contribution in [1.29, 1.82) is 0 Å². The first-order valence-electron chi connectivity index (χ1n) is 8.52. The fraction of sp³-hybridized carbons (Fsp3) is 0.353. The maximum Gasteiger partial charge on any atom is 0.267 e. The Balaban J connectivity index is 1.72. The molecule has 3 atom stereocenters. The van der Waals surface area contributed by atoms with Gasteiger partial charge in [-0.1, -0.05) is 29.3 Å². The lowest BCUT2D eigenvalue weighted by molar-refractivity contribution is -0.0132. The molecule has 3 aromatic rings. The molecule has 11 heteroatoms. The van der Waals surface area contributed by atoms with Gasteiger partial charge in [0.2, 0.25) is 0 Å². The van der Waals surface area contributed by atoms with Crippen LogP contribution < -0.4 is 0 Å². The topological polar surface area (TPSA) is 112 Å². The number of hydrogen-bond donors (Lipinski definition) is 1. The molecule has 3 heterocycles. The molecule has 0 aliphatic carbocycles. The second-order valence-electron chi connectivity index (χ2n) is 6.50. The molecule has 0 saturated carbocycles. The van der Waals surface area contributed by atoms with E-state index in [4.69, 9.17) is 21.1 Å². The quantitative estimate of drug-likeness (QED) is 0.670. The van der Waals surface area contributed by atoms with Crippen LogP contribution >= 0.6 is 11.6 Å². The van der Waals surface area contributed by atoms with Crippen LogP contribution in [0.25, 0.3) is 0 Å². The van der Waals surface area contributed by atoms with E-state index in [1.165, 1.54) is 16.2 Å². The molecule has 148 valence electrons. The van der Waals surface area contributed by atoms with Crippen molar-refractivity contribution in [3.05, 3.63) is 58.6 Å². The number of aromatic amines is 1. The van der Waals surface area contributed by atoms with Crippen molar-refractivity contribution >= 4 is 21.6 Å². The summed E-state index contributed by atoms with van der Waals surface area (Å²) in [6.07, 6.45) is 0.298. The van der Waals surface area contributed by atoms with Crippen LogP contribution in [-0.4, -0.2) is 46.2 Å². The number of halogens is 1. The summed E-state index contributed by atoms with van der Waals surface area (Å²) in [6, 6.07) is 8.17. The first-order valence-corrected chi connectivity index (χ1v) is 10.3. The van der Waals surface area contributed by atoms with Crippen LogP contribution in [0.4, 0.5) is 0 Å². The predicted molar refractivity (Wildman–Crippen MR) is 99.4 cm³/mol. The standard InChI is InChI=1S/C17H18ClN5O4S/c1-10-3-5-11(6-4-10)28(24,25)23-8-7-12(18)15(23)13-9-14(26-2)16(27-13)17-19-21-22-20-17/h3-8,13-14,16H,9H2,1-2H3,(H,19,20,21,22). The van der Waals surface area contributed by atoms with Crippen LogP contribution in [0.15, 0.2) is 41.4 Å². The maximum atomic E-state index is 13.2. The summed E-state index contributed by atoms with van der Waals surface area (Å²) < 4.78 is 39.1. The third-order valence-electron chi connectivity index (χ3n) is 4.75. The van der Waals surface area contributed by atoms with Crippen LogP contribution in [-0.2, 0) is 19.5 Å². The molecule has 3 unspecified atom stereocenters. The number of aryl methyl sites for hydroxylation is 1. The Hall–Kier alpha value is -2.27. The van der Waals surface area contributed by atoms with E-state index in [1.807, 2.05) is 6.92 Å². The zero-order valence-electron chi connectivity index (χ0n) is 15.1. The lowest BCUT2D eigenvalue weighted by Gasteiger charge is -2.16. The minimum atomic E-state index is -3.84. The molecule has 0 bridgehead atoms. The average molecular weight is 424 g/mol. The number of tetrazole rings is 1. The fourth-order valence-electron chi connectivity index (χ4n) is 3.31. The molecule has 0 amide bonds. The monoisotopic (exact) mass is 423 g/mol. The molecule has 1 aromatic carbocycles. The van der Waals surface area contributed by atoms with Crippen LogP contribution in [0.5, 0.6) is 0 Å². The molecule has 1 N–H and O–H groups in total. The molecular weight excluding hydrogens is 406 g/mol. The molecule has 1 aliphatic rings. The van der Waals surface area contributed by atoms with Gasteiger partial charge in [-0.3, -0.25) is 0 Å². The van der Waals surface area contributed by atoms with Gasteiger partial charge < -0.3 is 9.47 Å². The summed E-state index contributed by atoms with van der Waals surface area (Å²) in [5, 5.41) is 14.0. The molecule has 2 aromatic heterocycles. The first-order chi connectivity index (χ1) is 13.4. The van der Waals surface area contributed by atoms with E-state index in [1.54, 1.807) is 31.4 Å². The second-order valence-corrected chi connectivity index (χ2v) is 8.73. The molecule has 1 fully saturated rings. The van der Waals surface area contributed by atoms with Crippen molar-refractivity contribution < 1.29 is 17.9 Å². The van der Waals surface area contributed by atoms with E-state index >= 15 is 0 Å². The number of benzene rings is 1. The lowest BCUT2D eigenvalue weighted by atomic mass is 10.1. The minimum absolute atomic E-state index is 0.170. The zero-order chi connectivity index (χ0) is 19.9. The van der Waals surface area contributed by atoms with E-state index in [0.29, 0.717) is 23.0 Å². The summed E-state index contributed by atoms with van der Waals surface area (Å²) in [6.45, 7) is 1.89. The zero-order valence-corrected chi connectivity index (χ0v) is 16.7. The highest BCUT2D eigenvalue weighted by Gasteiger charge is 2.42. The number of H-pyrrole nitrogens is 1. The Kier molecular flexibility index (Phi) is 4.96. The average Bonchev–Trinajstić information content (AvgIpc) is 3.40. The van der Waals surface area contributed by atoms with Gasteiger partial charge in [-0.15, -0.1) is 5.10 Å². The summed E-state index contributed by atoms with van der Waals surface area (Å²) in [5.41, 5.74) is 1.31. The largest absolute Gasteiger partial charge is 0.378 e. The summed E-state index contributed by atoms with van der Waals surface area (Å²) in [4.78, 5) is 0.170. The first kappa shape index (κ1) is 19.1. The molecule has 28 heavy (non-hydrogen) atoms.